The van der Waals surface area contributed by atoms with Gasteiger partial charge in [0, 0.05) is 17.0 Å². The summed E-state index contributed by atoms with van der Waals surface area (Å²) in [5.41, 5.74) is 1.03. The van der Waals surface area contributed by atoms with Crippen LogP contribution in [-0.2, 0) is 4.74 Å². The third-order valence-corrected chi connectivity index (χ3v) is 4.57. The van der Waals surface area contributed by atoms with Gasteiger partial charge in [-0.05, 0) is 25.3 Å². The maximum atomic E-state index is 6.27. The van der Waals surface area contributed by atoms with Gasteiger partial charge in [0.1, 0.15) is 16.5 Å². The predicted octanol–water partition coefficient (Wildman–Crippen LogP) is 4.36. The van der Waals surface area contributed by atoms with Gasteiger partial charge < -0.3 is 14.2 Å². The van der Waals surface area contributed by atoms with Crippen LogP contribution in [-0.4, -0.2) is 26.9 Å². The zero-order valence-corrected chi connectivity index (χ0v) is 13.5. The van der Waals surface area contributed by atoms with Gasteiger partial charge in [0.25, 0.3) is 0 Å². The average Bonchev–Trinajstić information content (AvgIpc) is 2.91. The molecular formula is C14H18BrClO3. The standard InChI is InChI=1S/C14H18BrClO3/c1-17-12-6-5-10(14(18-2)13(12)16)11(15)8-9-4-3-7-19-9/h5-6,9,11H,3-4,7-8H2,1-2H3. The van der Waals surface area contributed by atoms with Gasteiger partial charge in [-0.3, -0.25) is 0 Å². The van der Waals surface area contributed by atoms with E-state index in [4.69, 9.17) is 25.8 Å². The van der Waals surface area contributed by atoms with Gasteiger partial charge in [0.05, 0.1) is 20.3 Å². The van der Waals surface area contributed by atoms with E-state index in [1.54, 1.807) is 14.2 Å². The van der Waals surface area contributed by atoms with Crippen LogP contribution >= 0.6 is 27.5 Å². The second-order valence-electron chi connectivity index (χ2n) is 4.54. The molecule has 0 radical (unpaired) electrons. The molecule has 1 fully saturated rings. The van der Waals surface area contributed by atoms with Crippen molar-refractivity contribution in [1.82, 2.24) is 0 Å². The van der Waals surface area contributed by atoms with Crippen molar-refractivity contribution in [3.05, 3.63) is 22.7 Å². The highest BCUT2D eigenvalue weighted by Crippen LogP contribution is 2.43. The lowest BCUT2D eigenvalue weighted by Crippen LogP contribution is -2.09. The van der Waals surface area contributed by atoms with Gasteiger partial charge in [0.2, 0.25) is 0 Å². The molecule has 0 aliphatic carbocycles. The Balaban J connectivity index is 2.20. The molecule has 0 amide bonds. The van der Waals surface area contributed by atoms with Crippen LogP contribution in [0.1, 0.15) is 29.7 Å². The molecule has 106 valence electrons. The highest BCUT2D eigenvalue weighted by atomic mass is 79.9. The largest absolute Gasteiger partial charge is 0.495 e. The molecule has 1 aliphatic rings. The average molecular weight is 350 g/mol. The van der Waals surface area contributed by atoms with E-state index in [9.17, 15) is 0 Å². The minimum atomic E-state index is 0.161. The van der Waals surface area contributed by atoms with Crippen LogP contribution in [0.4, 0.5) is 0 Å². The zero-order valence-electron chi connectivity index (χ0n) is 11.1. The summed E-state index contributed by atoms with van der Waals surface area (Å²) in [6, 6.07) is 3.85. The number of hydrogen-bond donors (Lipinski definition) is 0. The smallest absolute Gasteiger partial charge is 0.145 e. The Morgan fingerprint density at radius 1 is 1.42 bits per heavy atom. The van der Waals surface area contributed by atoms with Gasteiger partial charge in [0.15, 0.2) is 0 Å². The molecule has 0 bridgehead atoms. The van der Waals surface area contributed by atoms with E-state index in [1.165, 1.54) is 0 Å². The molecular weight excluding hydrogens is 332 g/mol. The van der Waals surface area contributed by atoms with Crippen molar-refractivity contribution in [2.75, 3.05) is 20.8 Å². The molecule has 2 rings (SSSR count). The predicted molar refractivity (Wildman–Crippen MR) is 79.8 cm³/mol. The maximum absolute atomic E-state index is 6.27. The monoisotopic (exact) mass is 348 g/mol. The van der Waals surface area contributed by atoms with Crippen LogP contribution in [0.2, 0.25) is 5.02 Å². The van der Waals surface area contributed by atoms with Crippen LogP contribution in [0, 0.1) is 0 Å². The van der Waals surface area contributed by atoms with Crippen molar-refractivity contribution in [2.45, 2.75) is 30.2 Å². The minimum absolute atomic E-state index is 0.161. The number of benzene rings is 1. The third-order valence-electron chi connectivity index (χ3n) is 3.35. The fourth-order valence-electron chi connectivity index (χ4n) is 2.35. The highest BCUT2D eigenvalue weighted by molar-refractivity contribution is 9.09. The van der Waals surface area contributed by atoms with Crippen molar-refractivity contribution in [3.63, 3.8) is 0 Å². The molecule has 1 aromatic rings. The molecule has 0 aromatic heterocycles. The second kappa shape index (κ2) is 6.82. The molecule has 0 N–H and O–H groups in total. The number of hydrogen-bond acceptors (Lipinski definition) is 3. The van der Waals surface area contributed by atoms with Crippen molar-refractivity contribution in [2.24, 2.45) is 0 Å². The maximum Gasteiger partial charge on any atom is 0.145 e. The lowest BCUT2D eigenvalue weighted by atomic mass is 10.0. The Bertz CT molecular complexity index is 433. The number of halogens is 2. The number of rotatable bonds is 5. The van der Waals surface area contributed by atoms with Crippen LogP contribution in [0.25, 0.3) is 0 Å². The fraction of sp³-hybridized carbons (Fsp3) is 0.571. The first kappa shape index (κ1) is 14.9. The molecule has 5 heteroatoms. The molecule has 1 saturated heterocycles. The molecule has 1 aliphatic heterocycles. The Kier molecular flexibility index (Phi) is 5.37. The lowest BCUT2D eigenvalue weighted by Gasteiger charge is -2.19. The summed E-state index contributed by atoms with van der Waals surface area (Å²) in [5, 5.41) is 0.513. The van der Waals surface area contributed by atoms with Gasteiger partial charge in [-0.25, -0.2) is 0 Å². The quantitative estimate of drug-likeness (QED) is 0.739. The topological polar surface area (TPSA) is 27.7 Å². The first-order valence-corrected chi connectivity index (χ1v) is 7.62. The summed E-state index contributed by atoms with van der Waals surface area (Å²) in [6.07, 6.45) is 3.49. The minimum Gasteiger partial charge on any atom is -0.495 e. The summed E-state index contributed by atoms with van der Waals surface area (Å²) in [6.45, 7) is 0.866. The lowest BCUT2D eigenvalue weighted by molar-refractivity contribution is 0.104. The normalized spacial score (nSPS) is 20.3. The SMILES string of the molecule is COc1ccc(C(Br)CC2CCCO2)c(OC)c1Cl. The van der Waals surface area contributed by atoms with E-state index in [0.29, 0.717) is 22.6 Å². The Morgan fingerprint density at radius 2 is 2.21 bits per heavy atom. The Labute approximate surface area is 127 Å². The molecule has 2 unspecified atom stereocenters. The summed E-state index contributed by atoms with van der Waals surface area (Å²) in [7, 11) is 3.22. The van der Waals surface area contributed by atoms with Crippen LogP contribution in [0.5, 0.6) is 11.5 Å². The van der Waals surface area contributed by atoms with Crippen molar-refractivity contribution in [3.8, 4) is 11.5 Å². The Hall–Kier alpha value is -0.450. The fourth-order valence-corrected chi connectivity index (χ4v) is 3.46. The first-order chi connectivity index (χ1) is 9.17. The zero-order chi connectivity index (χ0) is 13.8. The second-order valence-corrected chi connectivity index (χ2v) is 6.03. The molecule has 3 nitrogen and oxygen atoms in total. The summed E-state index contributed by atoms with van der Waals surface area (Å²) in [4.78, 5) is 0.161. The van der Waals surface area contributed by atoms with E-state index >= 15 is 0 Å². The molecule has 2 atom stereocenters. The number of methoxy groups -OCH3 is 2. The van der Waals surface area contributed by atoms with E-state index in [1.807, 2.05) is 12.1 Å². The molecule has 0 spiro atoms. The van der Waals surface area contributed by atoms with Crippen LogP contribution < -0.4 is 9.47 Å². The van der Waals surface area contributed by atoms with Crippen molar-refractivity contribution < 1.29 is 14.2 Å². The third kappa shape index (κ3) is 3.36. The van der Waals surface area contributed by atoms with Crippen LogP contribution in [0.15, 0.2) is 12.1 Å². The van der Waals surface area contributed by atoms with E-state index in [2.05, 4.69) is 15.9 Å². The van der Waals surface area contributed by atoms with Gasteiger partial charge in [-0.1, -0.05) is 33.6 Å². The highest BCUT2D eigenvalue weighted by Gasteiger charge is 2.24. The van der Waals surface area contributed by atoms with E-state index in [-0.39, 0.29) is 4.83 Å². The summed E-state index contributed by atoms with van der Waals surface area (Å²) >= 11 is 9.98. The molecule has 1 aromatic carbocycles. The number of alkyl halides is 1. The van der Waals surface area contributed by atoms with E-state index in [0.717, 1.165) is 31.4 Å². The van der Waals surface area contributed by atoms with E-state index < -0.39 is 0 Å². The summed E-state index contributed by atoms with van der Waals surface area (Å²) < 4.78 is 16.3. The van der Waals surface area contributed by atoms with Crippen LogP contribution in [0.3, 0.4) is 0 Å². The molecule has 1 heterocycles. The molecule has 19 heavy (non-hydrogen) atoms. The van der Waals surface area contributed by atoms with Crippen molar-refractivity contribution >= 4 is 27.5 Å². The van der Waals surface area contributed by atoms with Gasteiger partial charge >= 0.3 is 0 Å². The number of ether oxygens (including phenoxy) is 3. The van der Waals surface area contributed by atoms with Gasteiger partial charge in [-0.15, -0.1) is 0 Å². The Morgan fingerprint density at radius 3 is 2.79 bits per heavy atom. The molecule has 0 saturated carbocycles. The summed E-state index contributed by atoms with van der Waals surface area (Å²) in [5.74, 6) is 1.29. The van der Waals surface area contributed by atoms with Gasteiger partial charge in [-0.2, -0.15) is 0 Å². The van der Waals surface area contributed by atoms with Crippen molar-refractivity contribution in [1.29, 1.82) is 0 Å². The first-order valence-electron chi connectivity index (χ1n) is 6.33.